The molecule has 0 spiro atoms. The third-order valence-electron chi connectivity index (χ3n) is 3.52. The first kappa shape index (κ1) is 12.8. The van der Waals surface area contributed by atoms with Gasteiger partial charge in [-0.3, -0.25) is 4.57 Å². The van der Waals surface area contributed by atoms with Gasteiger partial charge in [0.2, 0.25) is 11.9 Å². The van der Waals surface area contributed by atoms with E-state index in [0.29, 0.717) is 17.9 Å². The summed E-state index contributed by atoms with van der Waals surface area (Å²) in [5, 5.41) is 0. The van der Waals surface area contributed by atoms with Crippen LogP contribution in [-0.4, -0.2) is 30.6 Å². The van der Waals surface area contributed by atoms with Gasteiger partial charge in [-0.1, -0.05) is 13.3 Å². The largest absolute Gasteiger partial charge is 0.460 e. The molecule has 2 atom stereocenters. The molecule has 106 valence electrons. The molecule has 2 heterocycles. The molecule has 1 fully saturated rings. The maximum Gasteiger partial charge on any atom is 0.323 e. The molecule has 7 nitrogen and oxygen atoms in total. The van der Waals surface area contributed by atoms with E-state index in [1.807, 2.05) is 0 Å². The van der Waals surface area contributed by atoms with Gasteiger partial charge >= 0.3 is 6.01 Å². The first-order chi connectivity index (χ1) is 9.70. The molecule has 0 bridgehead atoms. The van der Waals surface area contributed by atoms with Crippen molar-refractivity contribution >= 4 is 5.95 Å². The maximum absolute atomic E-state index is 5.87. The van der Waals surface area contributed by atoms with Gasteiger partial charge in [0.15, 0.2) is 0 Å². The lowest BCUT2D eigenvalue weighted by atomic mass is 9.89. The number of nitrogens with zero attached hydrogens (tertiary/aromatic N) is 5. The normalized spacial score (nSPS) is 22.6. The van der Waals surface area contributed by atoms with Crippen LogP contribution in [0, 0.1) is 5.92 Å². The fourth-order valence-corrected chi connectivity index (χ4v) is 2.54. The Morgan fingerprint density at radius 2 is 2.20 bits per heavy atom. The molecule has 7 heteroatoms. The Morgan fingerprint density at radius 3 is 2.95 bits per heavy atom. The van der Waals surface area contributed by atoms with E-state index in [2.05, 4.69) is 26.9 Å². The van der Waals surface area contributed by atoms with Crippen LogP contribution >= 0.6 is 0 Å². The Labute approximate surface area is 117 Å². The van der Waals surface area contributed by atoms with Crippen molar-refractivity contribution in [2.75, 3.05) is 5.73 Å². The number of nitrogen functional groups attached to an aromatic ring is 1. The summed E-state index contributed by atoms with van der Waals surface area (Å²) < 4.78 is 7.54. The molecule has 1 aliphatic rings. The van der Waals surface area contributed by atoms with E-state index < -0.39 is 0 Å². The van der Waals surface area contributed by atoms with Gasteiger partial charge in [-0.15, -0.1) is 0 Å². The van der Waals surface area contributed by atoms with Crippen LogP contribution in [0.2, 0.25) is 0 Å². The van der Waals surface area contributed by atoms with Gasteiger partial charge in [-0.25, -0.2) is 4.98 Å². The molecule has 3 rings (SSSR count). The molecule has 2 aromatic heterocycles. The summed E-state index contributed by atoms with van der Waals surface area (Å²) >= 11 is 0. The van der Waals surface area contributed by atoms with Gasteiger partial charge in [-0.05, 0) is 25.2 Å². The van der Waals surface area contributed by atoms with Gasteiger partial charge in [0.25, 0.3) is 0 Å². The van der Waals surface area contributed by atoms with Crippen LogP contribution in [-0.2, 0) is 0 Å². The molecule has 0 saturated heterocycles. The van der Waals surface area contributed by atoms with Crippen LogP contribution in [0.1, 0.15) is 32.6 Å². The van der Waals surface area contributed by atoms with Crippen molar-refractivity contribution < 1.29 is 4.74 Å². The van der Waals surface area contributed by atoms with E-state index in [1.165, 1.54) is 12.8 Å². The number of anilines is 1. The molecule has 1 aliphatic carbocycles. The minimum atomic E-state index is 0.155. The summed E-state index contributed by atoms with van der Waals surface area (Å²) in [5.74, 6) is 1.26. The van der Waals surface area contributed by atoms with Crippen molar-refractivity contribution in [2.24, 2.45) is 5.92 Å². The monoisotopic (exact) mass is 274 g/mol. The van der Waals surface area contributed by atoms with Gasteiger partial charge in [0, 0.05) is 12.4 Å². The number of aromatic nitrogens is 5. The minimum absolute atomic E-state index is 0.155. The van der Waals surface area contributed by atoms with E-state index in [0.717, 1.165) is 12.8 Å². The van der Waals surface area contributed by atoms with Gasteiger partial charge in [-0.2, -0.15) is 15.0 Å². The smallest absolute Gasteiger partial charge is 0.323 e. The Hall–Kier alpha value is -2.18. The topological polar surface area (TPSA) is 91.7 Å². The van der Waals surface area contributed by atoms with Crippen molar-refractivity contribution in [3.8, 4) is 12.0 Å². The number of rotatable bonds is 3. The highest BCUT2D eigenvalue weighted by atomic mass is 16.5. The fourth-order valence-electron chi connectivity index (χ4n) is 2.54. The third kappa shape index (κ3) is 2.87. The second-order valence-corrected chi connectivity index (χ2v) is 5.26. The molecule has 20 heavy (non-hydrogen) atoms. The summed E-state index contributed by atoms with van der Waals surface area (Å²) in [4.78, 5) is 16.4. The zero-order valence-electron chi connectivity index (χ0n) is 11.4. The second kappa shape index (κ2) is 5.44. The summed E-state index contributed by atoms with van der Waals surface area (Å²) in [7, 11) is 0. The Balaban J connectivity index is 1.79. The summed E-state index contributed by atoms with van der Waals surface area (Å²) in [6.07, 6.45) is 9.70. The average molecular weight is 274 g/mol. The highest BCUT2D eigenvalue weighted by molar-refractivity contribution is 5.25. The molecule has 0 radical (unpaired) electrons. The van der Waals surface area contributed by atoms with Crippen LogP contribution in [0.5, 0.6) is 6.01 Å². The quantitative estimate of drug-likeness (QED) is 0.914. The van der Waals surface area contributed by atoms with Gasteiger partial charge in [0.05, 0.1) is 0 Å². The first-order valence-corrected chi connectivity index (χ1v) is 6.87. The predicted molar refractivity (Wildman–Crippen MR) is 73.4 cm³/mol. The number of ether oxygens (including phenoxy) is 1. The molecule has 0 aliphatic heterocycles. The lowest BCUT2D eigenvalue weighted by Gasteiger charge is -2.26. The van der Waals surface area contributed by atoms with Crippen LogP contribution in [0.15, 0.2) is 18.7 Å². The zero-order valence-corrected chi connectivity index (χ0v) is 11.4. The SMILES string of the molecule is CC1CCCC(Oc2nc(N)nc(-n3ccnc3)n2)C1. The first-order valence-electron chi connectivity index (χ1n) is 6.87. The lowest BCUT2D eigenvalue weighted by molar-refractivity contribution is 0.118. The van der Waals surface area contributed by atoms with Crippen LogP contribution in [0.25, 0.3) is 5.95 Å². The van der Waals surface area contributed by atoms with Crippen molar-refractivity contribution in [2.45, 2.75) is 38.7 Å². The summed E-state index contributed by atoms with van der Waals surface area (Å²) in [6.45, 7) is 2.24. The standard InChI is InChI=1S/C13H18N6O/c1-9-3-2-4-10(7-9)20-13-17-11(14)16-12(18-13)19-6-5-15-8-19/h5-6,8-10H,2-4,7H2,1H3,(H2,14,16,17,18). The summed E-state index contributed by atoms with van der Waals surface area (Å²) in [5.41, 5.74) is 5.72. The van der Waals surface area contributed by atoms with Crippen molar-refractivity contribution in [3.63, 3.8) is 0 Å². The van der Waals surface area contributed by atoms with Gasteiger partial charge in [0.1, 0.15) is 12.4 Å². The van der Waals surface area contributed by atoms with Crippen molar-refractivity contribution in [3.05, 3.63) is 18.7 Å². The van der Waals surface area contributed by atoms with E-state index in [4.69, 9.17) is 10.5 Å². The van der Waals surface area contributed by atoms with E-state index in [9.17, 15) is 0 Å². The highest BCUT2D eigenvalue weighted by Gasteiger charge is 2.21. The predicted octanol–water partition coefficient (Wildman–Crippen LogP) is 1.60. The second-order valence-electron chi connectivity index (χ2n) is 5.26. The minimum Gasteiger partial charge on any atom is -0.460 e. The van der Waals surface area contributed by atoms with Crippen molar-refractivity contribution in [1.29, 1.82) is 0 Å². The lowest BCUT2D eigenvalue weighted by Crippen LogP contribution is -2.25. The Bertz CT molecular complexity index is 570. The molecule has 2 unspecified atom stereocenters. The average Bonchev–Trinajstić information content (AvgIpc) is 2.91. The molecular formula is C13H18N6O. The molecule has 2 N–H and O–H groups in total. The Kier molecular flexibility index (Phi) is 3.49. The molecular weight excluding hydrogens is 256 g/mol. The Morgan fingerprint density at radius 1 is 1.30 bits per heavy atom. The van der Waals surface area contributed by atoms with E-state index in [1.54, 1.807) is 23.3 Å². The summed E-state index contributed by atoms with van der Waals surface area (Å²) in [6, 6.07) is 0.292. The third-order valence-corrected chi connectivity index (χ3v) is 3.52. The zero-order chi connectivity index (χ0) is 13.9. The van der Waals surface area contributed by atoms with Crippen molar-refractivity contribution in [1.82, 2.24) is 24.5 Å². The van der Waals surface area contributed by atoms with E-state index >= 15 is 0 Å². The van der Waals surface area contributed by atoms with Crippen LogP contribution < -0.4 is 10.5 Å². The van der Waals surface area contributed by atoms with Crippen LogP contribution in [0.3, 0.4) is 0 Å². The molecule has 2 aromatic rings. The van der Waals surface area contributed by atoms with E-state index in [-0.39, 0.29) is 12.1 Å². The fraction of sp³-hybridized carbons (Fsp3) is 0.538. The van der Waals surface area contributed by atoms with Gasteiger partial charge < -0.3 is 10.5 Å². The van der Waals surface area contributed by atoms with Crippen LogP contribution in [0.4, 0.5) is 5.95 Å². The maximum atomic E-state index is 5.87. The highest BCUT2D eigenvalue weighted by Crippen LogP contribution is 2.26. The number of hydrogen-bond acceptors (Lipinski definition) is 6. The number of hydrogen-bond donors (Lipinski definition) is 1. The number of imidazole rings is 1. The molecule has 0 aromatic carbocycles. The molecule has 1 saturated carbocycles. The molecule has 0 amide bonds. The number of nitrogens with two attached hydrogens (primary N) is 1.